The molecular weight excluding hydrogens is 282 g/mol. The number of anilines is 1. The Morgan fingerprint density at radius 2 is 2.05 bits per heavy atom. The third-order valence-corrected chi connectivity index (χ3v) is 4.01. The number of amides is 1. The number of nitrogens with zero attached hydrogens (tertiary/aromatic N) is 1. The molecule has 2 rings (SSSR count). The quantitative estimate of drug-likeness (QED) is 0.877. The van der Waals surface area contributed by atoms with E-state index in [1.165, 1.54) is 5.56 Å². The molecule has 0 aromatic heterocycles. The maximum atomic E-state index is 12.7. The van der Waals surface area contributed by atoms with E-state index in [-0.39, 0.29) is 12.5 Å². The first-order valence-corrected chi connectivity index (χ1v) is 7.77. The maximum Gasteiger partial charge on any atom is 0.308 e. The van der Waals surface area contributed by atoms with Gasteiger partial charge in [-0.1, -0.05) is 26.0 Å². The van der Waals surface area contributed by atoms with Crippen molar-refractivity contribution in [3.8, 4) is 0 Å². The fraction of sp³-hybridized carbons (Fsp3) is 0.529. The zero-order valence-corrected chi connectivity index (χ0v) is 13.1. The van der Waals surface area contributed by atoms with E-state index in [2.05, 4.69) is 6.92 Å². The number of aliphatic carboxylic acids is 1. The van der Waals surface area contributed by atoms with Crippen LogP contribution in [0.5, 0.6) is 0 Å². The molecular formula is C17H23NO4. The topological polar surface area (TPSA) is 66.8 Å². The Hall–Kier alpha value is -1.88. The maximum absolute atomic E-state index is 12.7. The molecule has 0 bridgehead atoms. The van der Waals surface area contributed by atoms with Crippen LogP contribution in [-0.2, 0) is 20.7 Å². The van der Waals surface area contributed by atoms with Gasteiger partial charge in [-0.15, -0.1) is 0 Å². The Morgan fingerprint density at radius 3 is 2.55 bits per heavy atom. The normalized spacial score (nSPS) is 18.9. The van der Waals surface area contributed by atoms with Gasteiger partial charge >= 0.3 is 5.97 Å². The summed E-state index contributed by atoms with van der Waals surface area (Å²) < 4.78 is 5.47. The van der Waals surface area contributed by atoms with Crippen molar-refractivity contribution in [2.24, 2.45) is 5.92 Å². The van der Waals surface area contributed by atoms with Crippen LogP contribution in [0.25, 0.3) is 0 Å². The molecule has 1 amide bonds. The second-order valence-corrected chi connectivity index (χ2v) is 5.71. The summed E-state index contributed by atoms with van der Waals surface area (Å²) in [5.41, 5.74) is 1.91. The lowest BCUT2D eigenvalue weighted by Gasteiger charge is -2.27. The molecule has 120 valence electrons. The van der Waals surface area contributed by atoms with Gasteiger partial charge in [-0.05, 0) is 37.0 Å². The highest BCUT2D eigenvalue weighted by atomic mass is 16.5. The summed E-state index contributed by atoms with van der Waals surface area (Å²) in [6, 6.07) is 7.69. The van der Waals surface area contributed by atoms with E-state index in [0.29, 0.717) is 13.0 Å². The summed E-state index contributed by atoms with van der Waals surface area (Å²) in [5, 5.41) is 9.14. The zero-order valence-electron chi connectivity index (χ0n) is 13.1. The molecule has 2 atom stereocenters. The van der Waals surface area contributed by atoms with Crippen molar-refractivity contribution in [3.05, 3.63) is 29.8 Å². The molecule has 1 aliphatic heterocycles. The molecule has 22 heavy (non-hydrogen) atoms. The van der Waals surface area contributed by atoms with Crippen LogP contribution >= 0.6 is 0 Å². The van der Waals surface area contributed by atoms with Gasteiger partial charge in [0.05, 0.1) is 5.92 Å². The summed E-state index contributed by atoms with van der Waals surface area (Å²) in [6.07, 6.45) is 2.04. The molecule has 0 radical (unpaired) electrons. The van der Waals surface area contributed by atoms with E-state index in [9.17, 15) is 9.59 Å². The third-order valence-electron chi connectivity index (χ3n) is 4.01. The molecule has 1 saturated heterocycles. The number of carbonyl (C=O) groups is 2. The van der Waals surface area contributed by atoms with Gasteiger partial charge in [0.15, 0.2) is 0 Å². The summed E-state index contributed by atoms with van der Waals surface area (Å²) in [5.74, 6) is -1.68. The zero-order chi connectivity index (χ0) is 16.1. The van der Waals surface area contributed by atoms with E-state index < -0.39 is 18.0 Å². The summed E-state index contributed by atoms with van der Waals surface area (Å²) in [7, 11) is 0. The van der Waals surface area contributed by atoms with E-state index in [0.717, 1.165) is 18.5 Å². The van der Waals surface area contributed by atoms with Crippen molar-refractivity contribution in [1.29, 1.82) is 0 Å². The van der Waals surface area contributed by atoms with Gasteiger partial charge in [0.2, 0.25) is 0 Å². The molecule has 1 aromatic rings. The second kappa shape index (κ2) is 7.40. The number of hydrogen-bond donors (Lipinski definition) is 1. The van der Waals surface area contributed by atoms with E-state index >= 15 is 0 Å². The fourth-order valence-corrected chi connectivity index (χ4v) is 2.53. The molecule has 2 unspecified atom stereocenters. The van der Waals surface area contributed by atoms with Crippen LogP contribution < -0.4 is 4.90 Å². The van der Waals surface area contributed by atoms with Crippen LogP contribution in [0.2, 0.25) is 0 Å². The highest BCUT2D eigenvalue weighted by Gasteiger charge is 2.31. The van der Waals surface area contributed by atoms with Crippen molar-refractivity contribution < 1.29 is 19.4 Å². The molecule has 0 aliphatic carbocycles. The average molecular weight is 305 g/mol. The van der Waals surface area contributed by atoms with E-state index in [4.69, 9.17) is 9.84 Å². The fourth-order valence-electron chi connectivity index (χ4n) is 2.53. The smallest absolute Gasteiger partial charge is 0.308 e. The van der Waals surface area contributed by atoms with Crippen molar-refractivity contribution in [3.63, 3.8) is 0 Å². The number of rotatable bonds is 6. The minimum atomic E-state index is -0.907. The lowest BCUT2D eigenvalue weighted by Crippen LogP contribution is -2.42. The summed E-state index contributed by atoms with van der Waals surface area (Å²) in [4.78, 5) is 25.4. The first-order valence-electron chi connectivity index (χ1n) is 7.77. The Kier molecular flexibility index (Phi) is 5.55. The molecule has 5 nitrogen and oxygen atoms in total. The van der Waals surface area contributed by atoms with Crippen LogP contribution in [0.4, 0.5) is 5.69 Å². The van der Waals surface area contributed by atoms with Crippen LogP contribution in [0.15, 0.2) is 24.3 Å². The second-order valence-electron chi connectivity index (χ2n) is 5.71. The molecule has 5 heteroatoms. The van der Waals surface area contributed by atoms with Gasteiger partial charge in [-0.25, -0.2) is 0 Å². The van der Waals surface area contributed by atoms with Crippen molar-refractivity contribution in [2.45, 2.75) is 39.2 Å². The lowest BCUT2D eigenvalue weighted by molar-refractivity contribution is -0.140. The SMILES string of the molecule is CCc1ccc(N(CC(C)C(=O)O)C(=O)C2CCCO2)cc1. The predicted octanol–water partition coefficient (Wildman–Crippen LogP) is 2.48. The van der Waals surface area contributed by atoms with Gasteiger partial charge in [-0.2, -0.15) is 0 Å². The van der Waals surface area contributed by atoms with Gasteiger partial charge in [0, 0.05) is 18.8 Å². The highest BCUT2D eigenvalue weighted by molar-refractivity contribution is 5.97. The number of hydrogen-bond acceptors (Lipinski definition) is 3. The highest BCUT2D eigenvalue weighted by Crippen LogP contribution is 2.22. The Labute approximate surface area is 130 Å². The molecule has 1 heterocycles. The standard InChI is InChI=1S/C17H23NO4/c1-3-13-6-8-14(9-7-13)18(11-12(2)17(20)21)16(19)15-5-4-10-22-15/h6-9,12,15H,3-5,10-11H2,1-2H3,(H,20,21). The molecule has 1 N–H and O–H groups in total. The number of benzene rings is 1. The van der Waals surface area contributed by atoms with Gasteiger partial charge < -0.3 is 14.7 Å². The first-order chi connectivity index (χ1) is 10.5. The summed E-state index contributed by atoms with van der Waals surface area (Å²) in [6.45, 7) is 4.42. The molecule has 1 fully saturated rings. The van der Waals surface area contributed by atoms with Crippen molar-refractivity contribution >= 4 is 17.6 Å². The summed E-state index contributed by atoms with van der Waals surface area (Å²) >= 11 is 0. The monoisotopic (exact) mass is 305 g/mol. The average Bonchev–Trinajstić information content (AvgIpc) is 3.06. The first kappa shape index (κ1) is 16.5. The minimum Gasteiger partial charge on any atom is -0.481 e. The van der Waals surface area contributed by atoms with Gasteiger partial charge in [0.25, 0.3) is 5.91 Å². The van der Waals surface area contributed by atoms with Crippen LogP contribution in [0, 0.1) is 5.92 Å². The molecule has 1 aliphatic rings. The number of carboxylic acid groups (broad SMARTS) is 1. The molecule has 0 saturated carbocycles. The number of ether oxygens (including phenoxy) is 1. The molecule has 1 aromatic carbocycles. The van der Waals surface area contributed by atoms with Crippen LogP contribution in [0.3, 0.4) is 0 Å². The van der Waals surface area contributed by atoms with Crippen molar-refractivity contribution in [2.75, 3.05) is 18.1 Å². The predicted molar refractivity (Wildman–Crippen MR) is 83.9 cm³/mol. The Balaban J connectivity index is 2.22. The minimum absolute atomic E-state index is 0.144. The number of carboxylic acids is 1. The number of aryl methyl sites for hydroxylation is 1. The lowest BCUT2D eigenvalue weighted by atomic mass is 10.1. The Morgan fingerprint density at radius 1 is 1.36 bits per heavy atom. The van der Waals surface area contributed by atoms with Gasteiger partial charge in [-0.3, -0.25) is 9.59 Å². The largest absolute Gasteiger partial charge is 0.481 e. The van der Waals surface area contributed by atoms with Crippen LogP contribution in [-0.4, -0.2) is 36.2 Å². The number of carbonyl (C=O) groups excluding carboxylic acids is 1. The Bertz CT molecular complexity index is 520. The van der Waals surface area contributed by atoms with Gasteiger partial charge in [0.1, 0.15) is 6.10 Å². The third kappa shape index (κ3) is 3.85. The van der Waals surface area contributed by atoms with E-state index in [1.54, 1.807) is 11.8 Å². The van der Waals surface area contributed by atoms with Crippen molar-refractivity contribution in [1.82, 2.24) is 0 Å². The van der Waals surface area contributed by atoms with E-state index in [1.807, 2.05) is 24.3 Å². The molecule has 0 spiro atoms. The van der Waals surface area contributed by atoms with Crippen LogP contribution in [0.1, 0.15) is 32.3 Å².